The van der Waals surface area contributed by atoms with Crippen molar-refractivity contribution in [2.24, 2.45) is 23.2 Å². The van der Waals surface area contributed by atoms with Crippen LogP contribution in [-0.4, -0.2) is 44.8 Å². The quantitative estimate of drug-likeness (QED) is 0.576. The van der Waals surface area contributed by atoms with E-state index in [2.05, 4.69) is 13.8 Å². The predicted molar refractivity (Wildman–Crippen MR) is 80.2 cm³/mol. The second-order valence-electron chi connectivity index (χ2n) is 7.69. The van der Waals surface area contributed by atoms with Crippen LogP contribution in [0.25, 0.3) is 0 Å². The molecule has 1 aliphatic heterocycles. The Bertz CT molecular complexity index is 433. The summed E-state index contributed by atoms with van der Waals surface area (Å²) in [7, 11) is 1.63. The predicted octanol–water partition coefficient (Wildman–Crippen LogP) is 2.38. The maximum Gasteiger partial charge on any atom is 0.168 e. The van der Waals surface area contributed by atoms with Crippen LogP contribution in [0.15, 0.2) is 0 Å². The zero-order valence-corrected chi connectivity index (χ0v) is 14.1. The van der Waals surface area contributed by atoms with E-state index in [-0.39, 0.29) is 24.2 Å². The smallest absolute Gasteiger partial charge is 0.168 e. The lowest BCUT2D eigenvalue weighted by Crippen LogP contribution is -2.43. The number of hydrogen-bond donors (Lipinski definition) is 0. The molecule has 0 aromatic rings. The first-order chi connectivity index (χ1) is 10.4. The van der Waals surface area contributed by atoms with E-state index >= 15 is 0 Å². The summed E-state index contributed by atoms with van der Waals surface area (Å²) in [4.78, 5) is 11.9. The topological polar surface area (TPSA) is 54.0 Å². The van der Waals surface area contributed by atoms with Gasteiger partial charge in [0.2, 0.25) is 0 Å². The second-order valence-corrected chi connectivity index (χ2v) is 7.69. The van der Waals surface area contributed by atoms with Crippen molar-refractivity contribution in [1.29, 1.82) is 0 Å². The van der Waals surface area contributed by atoms with E-state index in [0.717, 1.165) is 25.5 Å². The minimum Gasteiger partial charge on any atom is -0.359 e. The number of ether oxygens (including phenoxy) is 4. The Kier molecular flexibility index (Phi) is 4.13. The monoisotopic (exact) mass is 312 g/mol. The van der Waals surface area contributed by atoms with Gasteiger partial charge >= 0.3 is 0 Å². The summed E-state index contributed by atoms with van der Waals surface area (Å²) in [6.07, 6.45) is 3.92. The zero-order valence-electron chi connectivity index (χ0n) is 14.1. The van der Waals surface area contributed by atoms with E-state index in [9.17, 15) is 4.79 Å². The van der Waals surface area contributed by atoms with Gasteiger partial charge in [0, 0.05) is 18.4 Å². The third kappa shape index (κ3) is 2.33. The molecular weight excluding hydrogens is 284 g/mol. The van der Waals surface area contributed by atoms with E-state index in [1.807, 2.05) is 6.92 Å². The van der Waals surface area contributed by atoms with E-state index < -0.39 is 11.2 Å². The van der Waals surface area contributed by atoms with Gasteiger partial charge in [0.15, 0.2) is 5.79 Å². The second kappa shape index (κ2) is 5.55. The minimum absolute atomic E-state index is 0.231. The molecule has 0 N–H and O–H groups in total. The molecule has 2 saturated carbocycles. The van der Waals surface area contributed by atoms with Crippen molar-refractivity contribution in [2.45, 2.75) is 51.4 Å². The SMILES string of the molecule is COCO[C@@]1(C)C[C@](C)(C=O)[C@@H]2[C@@H](C3(C)OCCO3)CC[C@@H]21. The van der Waals surface area contributed by atoms with Crippen molar-refractivity contribution in [3.05, 3.63) is 0 Å². The van der Waals surface area contributed by atoms with Crippen molar-refractivity contribution in [1.82, 2.24) is 0 Å². The van der Waals surface area contributed by atoms with Crippen LogP contribution in [0.4, 0.5) is 0 Å². The molecule has 2 aliphatic carbocycles. The molecule has 0 bridgehead atoms. The summed E-state index contributed by atoms with van der Waals surface area (Å²) < 4.78 is 23.0. The van der Waals surface area contributed by atoms with E-state index in [1.165, 1.54) is 0 Å². The molecule has 5 heteroatoms. The molecule has 5 atom stereocenters. The Morgan fingerprint density at radius 2 is 1.77 bits per heavy atom. The van der Waals surface area contributed by atoms with Gasteiger partial charge in [-0.2, -0.15) is 0 Å². The summed E-state index contributed by atoms with van der Waals surface area (Å²) in [5.41, 5.74) is -0.716. The Morgan fingerprint density at radius 3 is 2.36 bits per heavy atom. The molecule has 0 spiro atoms. The molecule has 0 amide bonds. The first-order valence-corrected chi connectivity index (χ1v) is 8.26. The Hall–Kier alpha value is -0.490. The van der Waals surface area contributed by atoms with Gasteiger partial charge in [-0.3, -0.25) is 0 Å². The number of aldehydes is 1. The van der Waals surface area contributed by atoms with Gasteiger partial charge in [-0.05, 0) is 44.9 Å². The maximum atomic E-state index is 11.9. The van der Waals surface area contributed by atoms with Crippen LogP contribution < -0.4 is 0 Å². The molecule has 0 unspecified atom stereocenters. The molecular formula is C17H28O5. The molecule has 5 nitrogen and oxygen atoms in total. The van der Waals surface area contributed by atoms with Crippen LogP contribution >= 0.6 is 0 Å². The number of methoxy groups -OCH3 is 1. The summed E-state index contributed by atoms with van der Waals surface area (Å²) in [5, 5.41) is 0. The average molecular weight is 312 g/mol. The van der Waals surface area contributed by atoms with Gasteiger partial charge in [0.25, 0.3) is 0 Å². The first-order valence-electron chi connectivity index (χ1n) is 8.26. The van der Waals surface area contributed by atoms with Gasteiger partial charge in [0.1, 0.15) is 13.1 Å². The normalized spacial score (nSPS) is 46.8. The lowest BCUT2D eigenvalue weighted by molar-refractivity contribution is -0.197. The molecule has 0 radical (unpaired) electrons. The van der Waals surface area contributed by atoms with Crippen LogP contribution in [0.2, 0.25) is 0 Å². The minimum atomic E-state index is -0.559. The Morgan fingerprint density at radius 1 is 1.14 bits per heavy atom. The molecule has 22 heavy (non-hydrogen) atoms. The fraction of sp³-hybridized carbons (Fsp3) is 0.941. The molecule has 3 aliphatic rings. The molecule has 0 aromatic heterocycles. The van der Waals surface area contributed by atoms with Gasteiger partial charge < -0.3 is 23.7 Å². The van der Waals surface area contributed by atoms with Crippen LogP contribution in [0, 0.1) is 23.2 Å². The highest BCUT2D eigenvalue weighted by molar-refractivity contribution is 5.61. The van der Waals surface area contributed by atoms with Gasteiger partial charge in [-0.15, -0.1) is 0 Å². The summed E-state index contributed by atoms with van der Waals surface area (Å²) in [6.45, 7) is 7.77. The largest absolute Gasteiger partial charge is 0.359 e. The van der Waals surface area contributed by atoms with Crippen molar-refractivity contribution in [3.8, 4) is 0 Å². The number of rotatable bonds is 5. The highest BCUT2D eigenvalue weighted by atomic mass is 16.7. The van der Waals surface area contributed by atoms with Crippen LogP contribution in [0.1, 0.15) is 40.0 Å². The molecule has 3 rings (SSSR count). The van der Waals surface area contributed by atoms with E-state index in [0.29, 0.717) is 19.1 Å². The first kappa shape index (κ1) is 16.4. The third-order valence-electron chi connectivity index (χ3n) is 6.24. The fourth-order valence-electron chi connectivity index (χ4n) is 5.41. The lowest BCUT2D eigenvalue weighted by atomic mass is 9.72. The van der Waals surface area contributed by atoms with Crippen LogP contribution in [0.3, 0.4) is 0 Å². The molecule has 1 heterocycles. The third-order valence-corrected chi connectivity index (χ3v) is 6.24. The van der Waals surface area contributed by atoms with E-state index in [1.54, 1.807) is 7.11 Å². The highest BCUT2D eigenvalue weighted by Crippen LogP contribution is 2.64. The molecule has 126 valence electrons. The number of carbonyl (C=O) groups excluding carboxylic acids is 1. The highest BCUT2D eigenvalue weighted by Gasteiger charge is 2.65. The van der Waals surface area contributed by atoms with Gasteiger partial charge in [-0.1, -0.05) is 6.92 Å². The fourth-order valence-corrected chi connectivity index (χ4v) is 5.41. The Balaban J connectivity index is 1.90. The maximum absolute atomic E-state index is 11.9. The molecule has 1 saturated heterocycles. The lowest BCUT2D eigenvalue weighted by Gasteiger charge is -2.38. The summed E-state index contributed by atoms with van der Waals surface area (Å²) in [5.74, 6) is 0.251. The van der Waals surface area contributed by atoms with Crippen molar-refractivity contribution >= 4 is 6.29 Å². The van der Waals surface area contributed by atoms with Crippen LogP contribution in [0.5, 0.6) is 0 Å². The van der Waals surface area contributed by atoms with Gasteiger partial charge in [0.05, 0.1) is 18.8 Å². The average Bonchev–Trinajstić information content (AvgIpc) is 3.16. The van der Waals surface area contributed by atoms with Gasteiger partial charge in [-0.25, -0.2) is 0 Å². The summed E-state index contributed by atoms with van der Waals surface area (Å²) in [6, 6.07) is 0. The van der Waals surface area contributed by atoms with E-state index in [4.69, 9.17) is 18.9 Å². The number of fused-ring (bicyclic) bond motifs is 1. The zero-order chi connectivity index (χ0) is 16.0. The summed E-state index contributed by atoms with van der Waals surface area (Å²) >= 11 is 0. The molecule has 3 fully saturated rings. The van der Waals surface area contributed by atoms with Crippen LogP contribution in [-0.2, 0) is 23.7 Å². The van der Waals surface area contributed by atoms with Crippen molar-refractivity contribution in [3.63, 3.8) is 0 Å². The van der Waals surface area contributed by atoms with Crippen molar-refractivity contribution < 1.29 is 23.7 Å². The van der Waals surface area contributed by atoms with Crippen molar-refractivity contribution in [2.75, 3.05) is 27.1 Å². The number of carbonyl (C=O) groups is 1. The standard InChI is InChI=1S/C17H28O5/c1-15(10-18)9-16(2,22-11-19-4)12-5-6-13(14(12)15)17(3)20-7-8-21-17/h10,12-14H,5-9,11H2,1-4H3/t12-,13-,14-,15+,16-/m0/s1. The Labute approximate surface area is 132 Å². The number of hydrogen-bond acceptors (Lipinski definition) is 5. The molecule has 0 aromatic carbocycles.